The van der Waals surface area contributed by atoms with E-state index in [4.69, 9.17) is 23.2 Å². The van der Waals surface area contributed by atoms with E-state index in [1.807, 2.05) is 54.6 Å². The molecule has 45 heavy (non-hydrogen) atoms. The summed E-state index contributed by atoms with van der Waals surface area (Å²) >= 11 is 12.2. The van der Waals surface area contributed by atoms with Gasteiger partial charge in [-0.1, -0.05) is 89.9 Å². The molecule has 0 saturated heterocycles. The maximum absolute atomic E-state index is 13.4. The Morgan fingerprint density at radius 2 is 1.24 bits per heavy atom. The number of hydrogen-bond donors (Lipinski definition) is 4. The third-order valence-corrected chi connectivity index (χ3v) is 9.76. The van der Waals surface area contributed by atoms with Crippen molar-refractivity contribution >= 4 is 55.4 Å². The Bertz CT molecular complexity index is 2210. The summed E-state index contributed by atoms with van der Waals surface area (Å²) in [4.78, 5) is 13.2. The van der Waals surface area contributed by atoms with Gasteiger partial charge in [0.05, 0.1) is 26.1 Å². The van der Waals surface area contributed by atoms with E-state index in [1.165, 1.54) is 48.5 Å². The molecule has 224 valence electrons. The number of carbonyl (C=O) groups excluding carboxylic acids is 1. The lowest BCUT2D eigenvalue weighted by Crippen LogP contribution is -2.13. The van der Waals surface area contributed by atoms with E-state index < -0.39 is 33.0 Å². The molecule has 6 aromatic rings. The second-order valence-electron chi connectivity index (χ2n) is 10.2. The van der Waals surface area contributed by atoms with Crippen LogP contribution in [0.15, 0.2) is 125 Å². The molecule has 0 bridgehead atoms. The molecule has 0 heterocycles. The van der Waals surface area contributed by atoms with Gasteiger partial charge < -0.3 is 20.6 Å². The lowest BCUT2D eigenvalue weighted by atomic mass is 9.95. The minimum atomic E-state index is -3.99. The number of rotatable bonds is 6. The van der Waals surface area contributed by atoms with Gasteiger partial charge in [0, 0.05) is 10.6 Å². The van der Waals surface area contributed by atoms with Crippen molar-refractivity contribution in [3.63, 3.8) is 0 Å². The molecule has 0 spiro atoms. The minimum Gasteiger partial charge on any atom is -0.504 e. The van der Waals surface area contributed by atoms with Crippen molar-refractivity contribution in [3.05, 3.63) is 131 Å². The molecular formula is C35H23Cl2NO6S. The zero-order chi connectivity index (χ0) is 31.9. The third kappa shape index (κ3) is 5.67. The lowest BCUT2D eigenvalue weighted by Gasteiger charge is -2.15. The van der Waals surface area contributed by atoms with E-state index in [9.17, 15) is 28.5 Å². The molecule has 0 aliphatic rings. The Morgan fingerprint density at radius 1 is 0.622 bits per heavy atom. The highest BCUT2D eigenvalue weighted by molar-refractivity contribution is 7.91. The number of sulfone groups is 1. The molecule has 0 saturated carbocycles. The van der Waals surface area contributed by atoms with Gasteiger partial charge in [0.15, 0.2) is 11.5 Å². The van der Waals surface area contributed by atoms with Crippen LogP contribution in [0.2, 0.25) is 10.0 Å². The highest BCUT2D eigenvalue weighted by Crippen LogP contribution is 2.45. The molecular weight excluding hydrogens is 633 g/mol. The molecule has 4 N–H and O–H groups in total. The summed E-state index contributed by atoms with van der Waals surface area (Å²) in [6.07, 6.45) is 0. The molecule has 0 aromatic heterocycles. The average molecular weight is 657 g/mol. The van der Waals surface area contributed by atoms with Crippen LogP contribution in [0.1, 0.15) is 10.4 Å². The number of phenolic OH excluding ortho intramolecular Hbond substituents is 3. The van der Waals surface area contributed by atoms with Crippen molar-refractivity contribution in [1.29, 1.82) is 0 Å². The van der Waals surface area contributed by atoms with Crippen LogP contribution in [0.25, 0.3) is 33.0 Å². The number of nitrogens with one attached hydrogen (secondary N) is 1. The summed E-state index contributed by atoms with van der Waals surface area (Å²) in [5.74, 6) is -3.27. The summed E-state index contributed by atoms with van der Waals surface area (Å²) in [5.41, 5.74) is 2.05. The molecule has 0 fully saturated rings. The summed E-state index contributed by atoms with van der Waals surface area (Å²) in [6, 6.07) is 31.8. The van der Waals surface area contributed by atoms with Gasteiger partial charge in [0.25, 0.3) is 5.91 Å². The molecule has 0 radical (unpaired) electrons. The quantitative estimate of drug-likeness (QED) is 0.133. The van der Waals surface area contributed by atoms with Crippen LogP contribution in [0, 0.1) is 0 Å². The van der Waals surface area contributed by atoms with Crippen molar-refractivity contribution in [1.82, 2.24) is 0 Å². The van der Waals surface area contributed by atoms with Gasteiger partial charge in [-0.3, -0.25) is 4.79 Å². The van der Waals surface area contributed by atoms with Crippen LogP contribution in [0.5, 0.6) is 17.2 Å². The highest BCUT2D eigenvalue weighted by atomic mass is 35.5. The summed E-state index contributed by atoms with van der Waals surface area (Å²) in [6.45, 7) is 0. The van der Waals surface area contributed by atoms with Crippen molar-refractivity contribution in [2.75, 3.05) is 5.32 Å². The van der Waals surface area contributed by atoms with Crippen LogP contribution in [-0.4, -0.2) is 29.6 Å². The number of anilines is 1. The van der Waals surface area contributed by atoms with Crippen molar-refractivity contribution < 1.29 is 28.5 Å². The fraction of sp³-hybridized carbons (Fsp3) is 0. The maximum Gasteiger partial charge on any atom is 0.259 e. The van der Waals surface area contributed by atoms with E-state index in [-0.39, 0.29) is 31.6 Å². The lowest BCUT2D eigenvalue weighted by molar-refractivity contribution is 0.102. The van der Waals surface area contributed by atoms with Crippen LogP contribution < -0.4 is 5.32 Å². The monoisotopic (exact) mass is 655 g/mol. The molecule has 6 rings (SSSR count). The molecule has 0 aliphatic heterocycles. The number of hydrogen-bond acceptors (Lipinski definition) is 6. The molecule has 7 nitrogen and oxygen atoms in total. The zero-order valence-corrected chi connectivity index (χ0v) is 25.5. The van der Waals surface area contributed by atoms with Gasteiger partial charge >= 0.3 is 0 Å². The first-order valence-corrected chi connectivity index (χ1v) is 15.8. The number of fused-ring (bicyclic) bond motifs is 1. The zero-order valence-electron chi connectivity index (χ0n) is 23.2. The molecule has 1 amide bonds. The van der Waals surface area contributed by atoms with Gasteiger partial charge in [0.2, 0.25) is 15.6 Å². The van der Waals surface area contributed by atoms with Gasteiger partial charge in [-0.05, 0) is 76.0 Å². The Morgan fingerprint density at radius 3 is 1.96 bits per heavy atom. The summed E-state index contributed by atoms with van der Waals surface area (Å²) in [7, 11) is -3.99. The van der Waals surface area contributed by atoms with E-state index in [0.717, 1.165) is 21.9 Å². The first-order valence-electron chi connectivity index (χ1n) is 13.5. The first-order chi connectivity index (χ1) is 21.5. The average Bonchev–Trinajstić information content (AvgIpc) is 3.05. The number of benzene rings is 6. The van der Waals surface area contributed by atoms with Gasteiger partial charge in [0.1, 0.15) is 0 Å². The number of halogens is 2. The fourth-order valence-electron chi connectivity index (χ4n) is 5.05. The predicted molar refractivity (Wildman–Crippen MR) is 176 cm³/mol. The normalized spacial score (nSPS) is 11.4. The Labute approximate surface area is 268 Å². The third-order valence-electron chi connectivity index (χ3n) is 7.41. The SMILES string of the molecule is O=C(Nc1cc(S(=O)(=O)c2ccc(Cl)cc2)ccc1Cl)c1cc(-c2ccc(-c3cccc4ccccc34)cc2)c(O)c(O)c1O. The molecule has 10 heteroatoms. The Balaban J connectivity index is 1.33. The van der Waals surface area contributed by atoms with E-state index in [1.54, 1.807) is 12.1 Å². The largest absolute Gasteiger partial charge is 0.504 e. The van der Waals surface area contributed by atoms with E-state index in [0.29, 0.717) is 10.6 Å². The standard InChI is InChI=1S/C35H23Cl2NO6S/c36-23-12-14-24(15-13-23)45(43,44)25-16-17-30(37)31(18-25)38-35(42)29-19-28(32(39)34(41)33(29)40)22-10-8-21(9-11-22)27-7-3-5-20-4-1-2-6-26(20)27/h1-19,39-41H,(H,38,42). The topological polar surface area (TPSA) is 124 Å². The second-order valence-corrected chi connectivity index (χ2v) is 13.0. The van der Waals surface area contributed by atoms with Crippen LogP contribution in [-0.2, 0) is 9.84 Å². The van der Waals surface area contributed by atoms with E-state index in [2.05, 4.69) is 5.32 Å². The highest BCUT2D eigenvalue weighted by Gasteiger charge is 2.24. The molecule has 6 aromatic carbocycles. The minimum absolute atomic E-state index is 0.0105. The van der Waals surface area contributed by atoms with Crippen molar-refractivity contribution in [3.8, 4) is 39.5 Å². The maximum atomic E-state index is 13.4. The number of phenols is 3. The van der Waals surface area contributed by atoms with Crippen molar-refractivity contribution in [2.24, 2.45) is 0 Å². The second kappa shape index (κ2) is 11.8. The Hall–Kier alpha value is -5.02. The van der Waals surface area contributed by atoms with Crippen LogP contribution in [0.4, 0.5) is 5.69 Å². The summed E-state index contributed by atoms with van der Waals surface area (Å²) < 4.78 is 26.4. The Kier molecular flexibility index (Phi) is 7.88. The van der Waals surface area contributed by atoms with Gasteiger partial charge in [-0.15, -0.1) is 0 Å². The fourth-order valence-corrected chi connectivity index (χ4v) is 6.63. The van der Waals surface area contributed by atoms with Crippen LogP contribution in [0.3, 0.4) is 0 Å². The van der Waals surface area contributed by atoms with Gasteiger partial charge in [-0.25, -0.2) is 8.42 Å². The van der Waals surface area contributed by atoms with E-state index >= 15 is 0 Å². The molecule has 0 aliphatic carbocycles. The smallest absolute Gasteiger partial charge is 0.259 e. The van der Waals surface area contributed by atoms with Crippen LogP contribution >= 0.6 is 23.2 Å². The molecule has 0 atom stereocenters. The van der Waals surface area contributed by atoms with Crippen molar-refractivity contribution in [2.45, 2.75) is 9.79 Å². The molecule has 0 unspecified atom stereocenters. The number of aromatic hydroxyl groups is 3. The number of carbonyl (C=O) groups is 1. The first kappa shape index (κ1) is 30.0. The number of amides is 1. The summed E-state index contributed by atoms with van der Waals surface area (Å²) in [5, 5.41) is 36.9. The van der Waals surface area contributed by atoms with Gasteiger partial charge in [-0.2, -0.15) is 0 Å². The predicted octanol–water partition coefficient (Wildman–Crippen LogP) is 8.68.